The molecule has 1 aliphatic rings. The molecule has 0 radical (unpaired) electrons. The van der Waals surface area contributed by atoms with Crippen LogP contribution in [-0.2, 0) is 26.8 Å². The van der Waals surface area contributed by atoms with E-state index in [0.717, 1.165) is 5.56 Å². The lowest BCUT2D eigenvalue weighted by Gasteiger charge is -2.35. The Kier molecular flexibility index (Phi) is 5.91. The molecule has 7 heteroatoms. The lowest BCUT2D eigenvalue weighted by Crippen LogP contribution is -2.53. The average molecular weight is 368 g/mol. The van der Waals surface area contributed by atoms with Gasteiger partial charge in [0.05, 0.1) is 6.42 Å². The summed E-state index contributed by atoms with van der Waals surface area (Å²) in [6, 6.07) is 8.16. The van der Waals surface area contributed by atoms with Crippen LogP contribution < -0.4 is 0 Å². The van der Waals surface area contributed by atoms with E-state index in [9.17, 15) is 13.2 Å². The smallest absolute Gasteiger partial charge is 0.281 e. The number of hydrogen-bond donors (Lipinski definition) is 0. The zero-order chi connectivity index (χ0) is 18.8. The third-order valence-corrected chi connectivity index (χ3v) is 6.49. The Balaban J connectivity index is 1.93. The summed E-state index contributed by atoms with van der Waals surface area (Å²) in [5.41, 5.74) is 2.32. The van der Waals surface area contributed by atoms with Gasteiger partial charge in [-0.25, -0.2) is 0 Å². The van der Waals surface area contributed by atoms with Gasteiger partial charge in [0.1, 0.15) is 0 Å². The third-order valence-electron chi connectivity index (χ3n) is 4.55. The summed E-state index contributed by atoms with van der Waals surface area (Å²) in [5, 5.41) is 0. The first-order valence-electron chi connectivity index (χ1n) is 8.56. The van der Waals surface area contributed by atoms with E-state index in [0.29, 0.717) is 32.6 Å². The van der Waals surface area contributed by atoms with Crippen LogP contribution in [0, 0.1) is 0 Å². The van der Waals surface area contributed by atoms with Crippen molar-refractivity contribution < 1.29 is 13.2 Å². The lowest BCUT2D eigenvalue weighted by atomic mass is 9.86. The molecule has 0 bridgehead atoms. The number of carbonyl (C=O) groups excluding carboxylic acids is 1. The van der Waals surface area contributed by atoms with E-state index in [1.54, 1.807) is 4.90 Å². The van der Waals surface area contributed by atoms with Crippen molar-refractivity contribution in [3.8, 4) is 0 Å². The minimum absolute atomic E-state index is 0.0467. The lowest BCUT2D eigenvalue weighted by molar-refractivity contribution is -0.131. The van der Waals surface area contributed by atoms with E-state index in [4.69, 9.17) is 0 Å². The SMILES string of the molecule is CN(C)S(=O)(=O)N1CCN(C(=O)Cc2ccc(C(C)(C)C)cc2)CC1. The van der Waals surface area contributed by atoms with E-state index < -0.39 is 10.2 Å². The Morgan fingerprint density at radius 3 is 2.00 bits per heavy atom. The molecule has 0 unspecified atom stereocenters. The average Bonchev–Trinajstić information content (AvgIpc) is 2.54. The number of hydrogen-bond acceptors (Lipinski definition) is 3. The van der Waals surface area contributed by atoms with Gasteiger partial charge in [0.25, 0.3) is 10.2 Å². The van der Waals surface area contributed by atoms with Gasteiger partial charge >= 0.3 is 0 Å². The normalized spacial score (nSPS) is 17.1. The van der Waals surface area contributed by atoms with E-state index in [1.165, 1.54) is 28.3 Å². The van der Waals surface area contributed by atoms with Crippen molar-refractivity contribution in [2.45, 2.75) is 32.6 Å². The molecule has 1 aliphatic heterocycles. The summed E-state index contributed by atoms with van der Waals surface area (Å²) in [6.07, 6.45) is 0.352. The first kappa shape index (κ1) is 19.9. The summed E-state index contributed by atoms with van der Waals surface area (Å²) < 4.78 is 26.9. The number of amides is 1. The number of nitrogens with zero attached hydrogens (tertiary/aromatic N) is 3. The van der Waals surface area contributed by atoms with Gasteiger partial charge in [-0.3, -0.25) is 4.79 Å². The van der Waals surface area contributed by atoms with E-state index in [1.807, 2.05) is 12.1 Å². The molecule has 0 spiro atoms. The van der Waals surface area contributed by atoms with Gasteiger partial charge < -0.3 is 4.90 Å². The first-order chi connectivity index (χ1) is 11.5. The molecular weight excluding hydrogens is 338 g/mol. The van der Waals surface area contributed by atoms with Crippen LogP contribution in [0.1, 0.15) is 31.9 Å². The maximum Gasteiger partial charge on any atom is 0.281 e. The molecule has 0 saturated carbocycles. The molecule has 0 aromatic heterocycles. The van der Waals surface area contributed by atoms with Crippen molar-refractivity contribution in [2.24, 2.45) is 0 Å². The molecule has 140 valence electrons. The Labute approximate surface area is 151 Å². The van der Waals surface area contributed by atoms with Crippen molar-refractivity contribution in [3.05, 3.63) is 35.4 Å². The molecule has 0 aliphatic carbocycles. The van der Waals surface area contributed by atoms with Crippen LogP contribution in [0.15, 0.2) is 24.3 Å². The van der Waals surface area contributed by atoms with Gasteiger partial charge in [-0.05, 0) is 16.5 Å². The number of rotatable bonds is 4. The number of carbonyl (C=O) groups is 1. The van der Waals surface area contributed by atoms with Gasteiger partial charge in [-0.15, -0.1) is 0 Å². The van der Waals surface area contributed by atoms with Gasteiger partial charge in [0.15, 0.2) is 0 Å². The summed E-state index contributed by atoms with van der Waals surface area (Å²) in [4.78, 5) is 14.2. The monoisotopic (exact) mass is 367 g/mol. The maximum absolute atomic E-state index is 12.5. The largest absolute Gasteiger partial charge is 0.340 e. The quantitative estimate of drug-likeness (QED) is 0.810. The zero-order valence-electron chi connectivity index (χ0n) is 15.8. The van der Waals surface area contributed by atoms with Gasteiger partial charge in [-0.2, -0.15) is 17.0 Å². The minimum Gasteiger partial charge on any atom is -0.340 e. The molecule has 0 N–H and O–H groups in total. The molecule has 1 aromatic carbocycles. The summed E-state index contributed by atoms with van der Waals surface area (Å²) in [7, 11) is -0.354. The number of benzene rings is 1. The molecule has 1 aromatic rings. The maximum atomic E-state index is 12.5. The summed E-state index contributed by atoms with van der Waals surface area (Å²) >= 11 is 0. The van der Waals surface area contributed by atoms with Crippen LogP contribution in [0.2, 0.25) is 0 Å². The van der Waals surface area contributed by atoms with Gasteiger partial charge in [0, 0.05) is 40.3 Å². The van der Waals surface area contributed by atoms with E-state index in [-0.39, 0.29) is 11.3 Å². The van der Waals surface area contributed by atoms with Crippen molar-refractivity contribution >= 4 is 16.1 Å². The highest BCUT2D eigenvalue weighted by Gasteiger charge is 2.30. The molecule has 1 amide bonds. The molecule has 25 heavy (non-hydrogen) atoms. The van der Waals surface area contributed by atoms with Crippen LogP contribution in [0.5, 0.6) is 0 Å². The fraction of sp³-hybridized carbons (Fsp3) is 0.611. The van der Waals surface area contributed by atoms with Crippen molar-refractivity contribution in [2.75, 3.05) is 40.3 Å². The first-order valence-corrected chi connectivity index (χ1v) is 9.96. The topological polar surface area (TPSA) is 60.9 Å². The van der Waals surface area contributed by atoms with Crippen LogP contribution in [0.3, 0.4) is 0 Å². The van der Waals surface area contributed by atoms with Crippen LogP contribution in [-0.4, -0.2) is 68.1 Å². The van der Waals surface area contributed by atoms with Gasteiger partial charge in [-0.1, -0.05) is 45.0 Å². The second-order valence-corrected chi connectivity index (χ2v) is 9.84. The van der Waals surface area contributed by atoms with E-state index >= 15 is 0 Å². The fourth-order valence-corrected chi connectivity index (χ4v) is 3.89. The second kappa shape index (κ2) is 7.43. The highest BCUT2D eigenvalue weighted by Crippen LogP contribution is 2.22. The Hall–Kier alpha value is -1.44. The van der Waals surface area contributed by atoms with Gasteiger partial charge in [0.2, 0.25) is 5.91 Å². The fourth-order valence-electron chi connectivity index (χ4n) is 2.81. The summed E-state index contributed by atoms with van der Waals surface area (Å²) in [5.74, 6) is 0.0467. The Bertz CT molecular complexity index is 698. The van der Waals surface area contributed by atoms with Crippen molar-refractivity contribution in [1.29, 1.82) is 0 Å². The summed E-state index contributed by atoms with van der Waals surface area (Å²) in [6.45, 7) is 8.04. The van der Waals surface area contributed by atoms with Crippen LogP contribution >= 0.6 is 0 Å². The van der Waals surface area contributed by atoms with Crippen molar-refractivity contribution in [3.63, 3.8) is 0 Å². The molecule has 6 nitrogen and oxygen atoms in total. The molecule has 1 saturated heterocycles. The third kappa shape index (κ3) is 4.80. The van der Waals surface area contributed by atoms with E-state index in [2.05, 4.69) is 32.9 Å². The highest BCUT2D eigenvalue weighted by atomic mass is 32.2. The second-order valence-electron chi connectivity index (χ2n) is 7.69. The minimum atomic E-state index is -3.40. The molecular formula is C18H29N3O3S. The molecule has 2 rings (SSSR count). The standard InChI is InChI=1S/C18H29N3O3S/c1-18(2,3)16-8-6-15(7-9-16)14-17(22)20-10-12-21(13-11-20)25(23,24)19(4)5/h6-9H,10-14H2,1-5H3. The predicted molar refractivity (Wildman–Crippen MR) is 99.6 cm³/mol. The predicted octanol–water partition coefficient (Wildman–Crippen LogP) is 1.48. The molecule has 1 fully saturated rings. The van der Waals surface area contributed by atoms with Crippen molar-refractivity contribution in [1.82, 2.24) is 13.5 Å². The Morgan fingerprint density at radius 1 is 1.04 bits per heavy atom. The van der Waals surface area contributed by atoms with Crippen LogP contribution in [0.4, 0.5) is 0 Å². The Morgan fingerprint density at radius 2 is 1.56 bits per heavy atom. The molecule has 0 atom stereocenters. The number of piperazine rings is 1. The zero-order valence-corrected chi connectivity index (χ0v) is 16.6. The molecule has 1 heterocycles. The highest BCUT2D eigenvalue weighted by molar-refractivity contribution is 7.86. The van der Waals surface area contributed by atoms with Crippen LogP contribution in [0.25, 0.3) is 0 Å².